The highest BCUT2D eigenvalue weighted by atomic mass is 16.6. The van der Waals surface area contributed by atoms with Gasteiger partial charge in [0.2, 0.25) is 0 Å². The fourth-order valence-electron chi connectivity index (χ4n) is 3.21. The van der Waals surface area contributed by atoms with E-state index < -0.39 is 4.92 Å². The molecule has 6 nitrogen and oxygen atoms in total. The van der Waals surface area contributed by atoms with Crippen molar-refractivity contribution < 1.29 is 9.66 Å². The van der Waals surface area contributed by atoms with Gasteiger partial charge in [-0.3, -0.25) is 15.1 Å². The van der Waals surface area contributed by atoms with Gasteiger partial charge in [-0.25, -0.2) is 0 Å². The number of nitro groups is 1. The summed E-state index contributed by atoms with van der Waals surface area (Å²) in [4.78, 5) is 17.5. The quantitative estimate of drug-likeness (QED) is 0.275. The number of hydrogen-bond donors (Lipinski definition) is 0. The molecule has 3 aromatic carbocycles. The highest BCUT2D eigenvalue weighted by molar-refractivity contribution is 5.83. The van der Waals surface area contributed by atoms with E-state index in [9.17, 15) is 10.1 Å². The molecule has 0 aliphatic heterocycles. The SMILES string of the molecule is CCN(Cc1ccccc1)c1ccc(C=Nc2cc(OC)c([N+](=O)[O-])cc2C)cc1. The van der Waals surface area contributed by atoms with Gasteiger partial charge in [0.05, 0.1) is 17.7 Å². The normalized spacial score (nSPS) is 10.9. The molecule has 0 aliphatic rings. The van der Waals surface area contributed by atoms with Crippen LogP contribution in [0.2, 0.25) is 0 Å². The molecular weight excluding hydrogens is 378 g/mol. The molecule has 0 N–H and O–H groups in total. The molecule has 154 valence electrons. The Bertz CT molecular complexity index is 1030. The molecule has 6 heteroatoms. The minimum Gasteiger partial charge on any atom is -0.490 e. The van der Waals surface area contributed by atoms with Crippen molar-refractivity contribution in [3.63, 3.8) is 0 Å². The number of aliphatic imine (C=N–C) groups is 1. The molecule has 0 heterocycles. The number of anilines is 1. The second-order valence-corrected chi connectivity index (χ2v) is 6.92. The Morgan fingerprint density at radius 1 is 1.10 bits per heavy atom. The van der Waals surface area contributed by atoms with E-state index in [2.05, 4.69) is 53.2 Å². The molecular formula is C24H25N3O3. The van der Waals surface area contributed by atoms with Gasteiger partial charge in [0, 0.05) is 37.1 Å². The van der Waals surface area contributed by atoms with Crippen LogP contribution in [0.25, 0.3) is 0 Å². The lowest BCUT2D eigenvalue weighted by molar-refractivity contribution is -0.385. The molecule has 3 aromatic rings. The second-order valence-electron chi connectivity index (χ2n) is 6.92. The highest BCUT2D eigenvalue weighted by Crippen LogP contribution is 2.34. The third kappa shape index (κ3) is 5.03. The van der Waals surface area contributed by atoms with Crippen LogP contribution in [0.3, 0.4) is 0 Å². The molecule has 0 fully saturated rings. The van der Waals surface area contributed by atoms with E-state index in [0.717, 1.165) is 29.9 Å². The molecule has 3 rings (SSSR count). The van der Waals surface area contributed by atoms with E-state index in [1.54, 1.807) is 19.2 Å². The minimum atomic E-state index is -0.451. The van der Waals surface area contributed by atoms with Gasteiger partial charge in [-0.1, -0.05) is 42.5 Å². The van der Waals surface area contributed by atoms with Crippen molar-refractivity contribution in [3.05, 3.63) is 93.5 Å². The predicted octanol–water partition coefficient (Wildman–Crippen LogP) is 5.69. The summed E-state index contributed by atoms with van der Waals surface area (Å²) in [5.41, 5.74) is 4.66. The van der Waals surface area contributed by atoms with E-state index in [4.69, 9.17) is 4.74 Å². The van der Waals surface area contributed by atoms with Crippen LogP contribution in [0.15, 0.2) is 71.7 Å². The second kappa shape index (κ2) is 9.69. The first-order valence-electron chi connectivity index (χ1n) is 9.78. The van der Waals surface area contributed by atoms with Crippen LogP contribution in [-0.2, 0) is 6.54 Å². The van der Waals surface area contributed by atoms with Gasteiger partial charge in [-0.2, -0.15) is 0 Å². The van der Waals surface area contributed by atoms with Crippen LogP contribution >= 0.6 is 0 Å². The fraction of sp³-hybridized carbons (Fsp3) is 0.208. The summed E-state index contributed by atoms with van der Waals surface area (Å²) in [5, 5.41) is 11.1. The highest BCUT2D eigenvalue weighted by Gasteiger charge is 2.17. The molecule has 0 saturated carbocycles. The number of methoxy groups -OCH3 is 1. The molecule has 0 aromatic heterocycles. The molecule has 0 unspecified atom stereocenters. The predicted molar refractivity (Wildman–Crippen MR) is 121 cm³/mol. The lowest BCUT2D eigenvalue weighted by atomic mass is 10.1. The number of aryl methyl sites for hydroxylation is 1. The molecule has 0 saturated heterocycles. The summed E-state index contributed by atoms with van der Waals surface area (Å²) >= 11 is 0. The number of rotatable bonds is 8. The van der Waals surface area contributed by atoms with Gasteiger partial charge in [-0.05, 0) is 42.7 Å². The number of benzene rings is 3. The molecule has 0 bridgehead atoms. The van der Waals surface area contributed by atoms with Crippen molar-refractivity contribution in [3.8, 4) is 5.75 Å². The van der Waals surface area contributed by atoms with E-state index >= 15 is 0 Å². The van der Waals surface area contributed by atoms with Crippen molar-refractivity contribution in [2.24, 2.45) is 4.99 Å². The summed E-state index contributed by atoms with van der Waals surface area (Å²) in [6.45, 7) is 5.70. The largest absolute Gasteiger partial charge is 0.490 e. The maximum atomic E-state index is 11.1. The van der Waals surface area contributed by atoms with Crippen LogP contribution in [0, 0.1) is 17.0 Å². The Morgan fingerprint density at radius 3 is 2.40 bits per heavy atom. The Kier molecular flexibility index (Phi) is 6.80. The van der Waals surface area contributed by atoms with Crippen molar-refractivity contribution in [2.75, 3.05) is 18.6 Å². The first-order valence-corrected chi connectivity index (χ1v) is 9.78. The lowest BCUT2D eigenvalue weighted by Gasteiger charge is -2.23. The van der Waals surface area contributed by atoms with Gasteiger partial charge >= 0.3 is 5.69 Å². The minimum absolute atomic E-state index is 0.0589. The number of ether oxygens (including phenoxy) is 1. The average Bonchev–Trinajstić information content (AvgIpc) is 2.77. The van der Waals surface area contributed by atoms with Gasteiger partial charge in [0.1, 0.15) is 0 Å². The van der Waals surface area contributed by atoms with Crippen LogP contribution in [-0.4, -0.2) is 24.8 Å². The van der Waals surface area contributed by atoms with Gasteiger partial charge in [-0.15, -0.1) is 0 Å². The van der Waals surface area contributed by atoms with Crippen LogP contribution in [0.5, 0.6) is 5.75 Å². The molecule has 0 radical (unpaired) electrons. The van der Waals surface area contributed by atoms with Crippen LogP contribution in [0.4, 0.5) is 17.1 Å². The molecule has 0 atom stereocenters. The standard InChI is InChI=1S/C24H25N3O3/c1-4-26(17-20-8-6-5-7-9-20)21-12-10-19(11-13-21)16-25-22-15-24(30-3)23(27(28)29)14-18(22)2/h5-16H,4,17H2,1-3H3. The molecule has 30 heavy (non-hydrogen) atoms. The average molecular weight is 403 g/mol. The summed E-state index contributed by atoms with van der Waals surface area (Å²) in [5.74, 6) is 0.201. The summed E-state index contributed by atoms with van der Waals surface area (Å²) < 4.78 is 5.14. The Hall–Kier alpha value is -3.67. The van der Waals surface area contributed by atoms with Crippen molar-refractivity contribution in [1.82, 2.24) is 0 Å². The number of hydrogen-bond acceptors (Lipinski definition) is 5. The Labute approximate surface area is 176 Å². The van der Waals surface area contributed by atoms with Gasteiger partial charge in [0.25, 0.3) is 0 Å². The third-order valence-corrected chi connectivity index (χ3v) is 4.90. The zero-order valence-corrected chi connectivity index (χ0v) is 17.4. The lowest BCUT2D eigenvalue weighted by Crippen LogP contribution is -2.21. The Balaban J connectivity index is 1.77. The van der Waals surface area contributed by atoms with E-state index in [1.807, 2.05) is 18.2 Å². The van der Waals surface area contributed by atoms with E-state index in [-0.39, 0.29) is 11.4 Å². The van der Waals surface area contributed by atoms with Gasteiger partial charge < -0.3 is 9.64 Å². The topological polar surface area (TPSA) is 68.0 Å². The number of nitrogens with zero attached hydrogens (tertiary/aromatic N) is 3. The fourth-order valence-corrected chi connectivity index (χ4v) is 3.21. The van der Waals surface area contributed by atoms with Crippen molar-refractivity contribution in [1.29, 1.82) is 0 Å². The monoisotopic (exact) mass is 403 g/mol. The van der Waals surface area contributed by atoms with E-state index in [0.29, 0.717) is 5.69 Å². The maximum absolute atomic E-state index is 11.1. The zero-order valence-electron chi connectivity index (χ0n) is 17.4. The van der Waals surface area contributed by atoms with Crippen molar-refractivity contribution >= 4 is 23.3 Å². The first kappa shape index (κ1) is 21.0. The molecule has 0 aliphatic carbocycles. The zero-order chi connectivity index (χ0) is 21.5. The van der Waals surface area contributed by atoms with Crippen LogP contribution in [0.1, 0.15) is 23.6 Å². The smallest absolute Gasteiger partial charge is 0.311 e. The number of nitro benzene ring substituents is 1. The summed E-state index contributed by atoms with van der Waals surface area (Å²) in [7, 11) is 1.42. The Morgan fingerprint density at radius 2 is 1.80 bits per heavy atom. The van der Waals surface area contributed by atoms with E-state index in [1.165, 1.54) is 18.7 Å². The van der Waals surface area contributed by atoms with Crippen LogP contribution < -0.4 is 9.64 Å². The maximum Gasteiger partial charge on any atom is 0.311 e. The third-order valence-electron chi connectivity index (χ3n) is 4.90. The summed E-state index contributed by atoms with van der Waals surface area (Å²) in [6, 6.07) is 21.7. The van der Waals surface area contributed by atoms with Gasteiger partial charge in [0.15, 0.2) is 5.75 Å². The summed E-state index contributed by atoms with van der Waals surface area (Å²) in [6.07, 6.45) is 1.75. The molecule has 0 spiro atoms. The molecule has 0 amide bonds. The van der Waals surface area contributed by atoms with Crippen molar-refractivity contribution in [2.45, 2.75) is 20.4 Å². The first-order chi connectivity index (χ1) is 14.5.